The molecule has 0 aliphatic carbocycles. The molecule has 2 unspecified atom stereocenters. The van der Waals surface area contributed by atoms with Gasteiger partial charge < -0.3 is 4.90 Å². The van der Waals surface area contributed by atoms with Crippen LogP contribution in [0.2, 0.25) is 0 Å². The average Bonchev–Trinajstić information content (AvgIpc) is 2.70. The van der Waals surface area contributed by atoms with Crippen molar-refractivity contribution in [3.8, 4) is 0 Å². The molecule has 0 spiro atoms. The third-order valence-corrected chi connectivity index (χ3v) is 5.34. The van der Waals surface area contributed by atoms with E-state index in [0.29, 0.717) is 17.2 Å². The number of aromatic nitrogens is 1. The van der Waals surface area contributed by atoms with Gasteiger partial charge in [0, 0.05) is 29.0 Å². The Morgan fingerprint density at radius 2 is 2.40 bits per heavy atom. The lowest BCUT2D eigenvalue weighted by Crippen LogP contribution is -2.44. The lowest BCUT2D eigenvalue weighted by Gasteiger charge is -2.37. The van der Waals surface area contributed by atoms with Crippen LogP contribution in [-0.4, -0.2) is 28.6 Å². The lowest BCUT2D eigenvalue weighted by molar-refractivity contribution is 0.625. The summed E-state index contributed by atoms with van der Waals surface area (Å²) < 4.78 is 0. The number of hydrogen-bond acceptors (Lipinski definition) is 4. The van der Waals surface area contributed by atoms with E-state index in [1.807, 2.05) is 11.8 Å². The smallest absolute Gasteiger partial charge is 0.185 e. The zero-order valence-corrected chi connectivity index (χ0v) is 11.3. The van der Waals surface area contributed by atoms with Crippen LogP contribution in [-0.2, 0) is 5.88 Å². The number of thioether (sulfide) groups is 1. The van der Waals surface area contributed by atoms with Crippen molar-refractivity contribution in [2.45, 2.75) is 31.0 Å². The Bertz CT molecular complexity index is 329. The number of thiazole rings is 1. The van der Waals surface area contributed by atoms with E-state index in [4.69, 9.17) is 11.6 Å². The van der Waals surface area contributed by atoms with E-state index >= 15 is 0 Å². The molecule has 0 amide bonds. The van der Waals surface area contributed by atoms with Crippen LogP contribution in [0.15, 0.2) is 5.38 Å². The van der Waals surface area contributed by atoms with Crippen molar-refractivity contribution < 1.29 is 0 Å². The normalized spacial score (nSPS) is 27.0. The highest BCUT2D eigenvalue weighted by Crippen LogP contribution is 2.31. The van der Waals surface area contributed by atoms with E-state index in [1.54, 1.807) is 11.3 Å². The highest BCUT2D eigenvalue weighted by molar-refractivity contribution is 8.00. The summed E-state index contributed by atoms with van der Waals surface area (Å²) in [7, 11) is 0. The first-order chi connectivity index (χ1) is 7.22. The van der Waals surface area contributed by atoms with Gasteiger partial charge in [-0.25, -0.2) is 4.98 Å². The van der Waals surface area contributed by atoms with E-state index in [-0.39, 0.29) is 0 Å². The highest BCUT2D eigenvalue weighted by Gasteiger charge is 2.26. The summed E-state index contributed by atoms with van der Waals surface area (Å²) in [6, 6.07) is 0.568. The average molecular weight is 263 g/mol. The molecule has 0 saturated carbocycles. The quantitative estimate of drug-likeness (QED) is 0.762. The minimum absolute atomic E-state index is 0.517. The highest BCUT2D eigenvalue weighted by atomic mass is 35.5. The Morgan fingerprint density at radius 3 is 3.07 bits per heavy atom. The second-order valence-electron chi connectivity index (χ2n) is 3.76. The molecule has 0 aromatic carbocycles. The summed E-state index contributed by atoms with van der Waals surface area (Å²) in [6.07, 6.45) is 0. The maximum atomic E-state index is 5.77. The van der Waals surface area contributed by atoms with Crippen molar-refractivity contribution in [2.24, 2.45) is 0 Å². The molecule has 0 radical (unpaired) electrons. The molecular formula is C10H15ClN2S2. The summed E-state index contributed by atoms with van der Waals surface area (Å²) in [5, 5.41) is 3.87. The molecular weight excluding hydrogens is 248 g/mol. The van der Waals surface area contributed by atoms with Crippen LogP contribution in [0.1, 0.15) is 19.5 Å². The summed E-state index contributed by atoms with van der Waals surface area (Å²) in [5.41, 5.74) is 0.995. The van der Waals surface area contributed by atoms with Crippen molar-refractivity contribution in [1.82, 2.24) is 4.98 Å². The van der Waals surface area contributed by atoms with Gasteiger partial charge in [0.25, 0.3) is 0 Å². The summed E-state index contributed by atoms with van der Waals surface area (Å²) >= 11 is 9.52. The number of alkyl halides is 1. The molecule has 1 saturated heterocycles. The molecule has 2 atom stereocenters. The minimum Gasteiger partial charge on any atom is -0.343 e. The molecule has 1 aromatic rings. The fourth-order valence-electron chi connectivity index (χ4n) is 1.69. The van der Waals surface area contributed by atoms with Crippen molar-refractivity contribution in [1.29, 1.82) is 0 Å². The Kier molecular flexibility index (Phi) is 3.80. The van der Waals surface area contributed by atoms with Crippen molar-refractivity contribution >= 4 is 39.8 Å². The zero-order valence-electron chi connectivity index (χ0n) is 8.94. The fourth-order valence-corrected chi connectivity index (χ4v) is 3.96. The van der Waals surface area contributed by atoms with Crippen molar-refractivity contribution in [3.63, 3.8) is 0 Å². The van der Waals surface area contributed by atoms with E-state index in [1.165, 1.54) is 5.75 Å². The van der Waals surface area contributed by atoms with Crippen LogP contribution < -0.4 is 4.90 Å². The maximum absolute atomic E-state index is 5.77. The van der Waals surface area contributed by atoms with Crippen LogP contribution in [0, 0.1) is 0 Å². The molecule has 0 N–H and O–H groups in total. The monoisotopic (exact) mass is 262 g/mol. The zero-order chi connectivity index (χ0) is 10.8. The molecule has 2 heterocycles. The molecule has 84 valence electrons. The first-order valence-corrected chi connectivity index (χ1v) is 7.57. The molecule has 15 heavy (non-hydrogen) atoms. The summed E-state index contributed by atoms with van der Waals surface area (Å²) in [6.45, 7) is 5.67. The molecule has 2 rings (SSSR count). The predicted molar refractivity (Wildman–Crippen MR) is 70.4 cm³/mol. The lowest BCUT2D eigenvalue weighted by atomic mass is 10.2. The number of hydrogen-bond donors (Lipinski definition) is 0. The molecule has 1 aliphatic heterocycles. The third kappa shape index (κ3) is 2.43. The molecule has 1 aliphatic rings. The minimum atomic E-state index is 0.517. The van der Waals surface area contributed by atoms with Gasteiger partial charge in [0.2, 0.25) is 0 Å². The van der Waals surface area contributed by atoms with Crippen molar-refractivity contribution in [2.75, 3.05) is 17.2 Å². The molecule has 1 fully saturated rings. The van der Waals surface area contributed by atoms with Crippen LogP contribution in [0.25, 0.3) is 0 Å². The van der Waals surface area contributed by atoms with Gasteiger partial charge in [-0.1, -0.05) is 6.92 Å². The second kappa shape index (κ2) is 4.93. The standard InChI is InChI=1S/C10H15ClN2S2/c1-7-8(2)14-4-3-13(7)10-12-9(5-11)6-15-10/h6-8H,3-5H2,1-2H3. The Balaban J connectivity index is 2.14. The first-order valence-electron chi connectivity index (χ1n) is 5.11. The first kappa shape index (κ1) is 11.6. The predicted octanol–water partition coefficient (Wildman–Crippen LogP) is 3.21. The van der Waals surface area contributed by atoms with Gasteiger partial charge in [0.15, 0.2) is 5.13 Å². The number of rotatable bonds is 2. The van der Waals surface area contributed by atoms with Gasteiger partial charge in [0.05, 0.1) is 11.6 Å². The number of halogens is 1. The van der Waals surface area contributed by atoms with Gasteiger partial charge in [-0.15, -0.1) is 22.9 Å². The molecule has 5 heteroatoms. The second-order valence-corrected chi connectivity index (χ2v) is 6.35. The van der Waals surface area contributed by atoms with E-state index < -0.39 is 0 Å². The largest absolute Gasteiger partial charge is 0.343 e. The Hall–Kier alpha value is 0.0700. The molecule has 0 bridgehead atoms. The van der Waals surface area contributed by atoms with Crippen molar-refractivity contribution in [3.05, 3.63) is 11.1 Å². The van der Waals surface area contributed by atoms with Gasteiger partial charge in [-0.2, -0.15) is 11.8 Å². The van der Waals surface area contributed by atoms with Crippen LogP contribution in [0.4, 0.5) is 5.13 Å². The summed E-state index contributed by atoms with van der Waals surface area (Å²) in [4.78, 5) is 6.95. The van der Waals surface area contributed by atoms with Gasteiger partial charge in [-0.05, 0) is 6.92 Å². The molecule has 1 aromatic heterocycles. The Labute approximate surface area is 104 Å². The number of nitrogens with zero attached hydrogens (tertiary/aromatic N) is 2. The van der Waals surface area contributed by atoms with Crippen LogP contribution in [0.3, 0.4) is 0 Å². The maximum Gasteiger partial charge on any atom is 0.185 e. The Morgan fingerprint density at radius 1 is 1.60 bits per heavy atom. The number of anilines is 1. The fraction of sp³-hybridized carbons (Fsp3) is 0.700. The van der Waals surface area contributed by atoms with Gasteiger partial charge in [-0.3, -0.25) is 0 Å². The van der Waals surface area contributed by atoms with Gasteiger partial charge >= 0.3 is 0 Å². The van der Waals surface area contributed by atoms with Crippen LogP contribution >= 0.6 is 34.7 Å². The van der Waals surface area contributed by atoms with Gasteiger partial charge in [0.1, 0.15) is 0 Å². The van der Waals surface area contributed by atoms with E-state index in [9.17, 15) is 0 Å². The third-order valence-electron chi connectivity index (χ3n) is 2.81. The topological polar surface area (TPSA) is 16.1 Å². The van der Waals surface area contributed by atoms with E-state index in [2.05, 4.69) is 29.1 Å². The van der Waals surface area contributed by atoms with Crippen LogP contribution in [0.5, 0.6) is 0 Å². The molecule has 2 nitrogen and oxygen atoms in total. The SMILES string of the molecule is CC1SCCN(c2nc(CCl)cs2)C1C. The van der Waals surface area contributed by atoms with E-state index in [0.717, 1.165) is 17.4 Å². The summed E-state index contributed by atoms with van der Waals surface area (Å²) in [5.74, 6) is 1.71.